The first-order valence-corrected chi connectivity index (χ1v) is 8.43. The number of aromatic nitrogens is 2. The van der Waals surface area contributed by atoms with Crippen LogP contribution in [0.2, 0.25) is 0 Å². The molecular weight excluding hydrogens is 274 g/mol. The number of rotatable bonds is 7. The molecule has 0 spiro atoms. The van der Waals surface area contributed by atoms with Crippen LogP contribution < -0.4 is 4.72 Å². The Hall–Kier alpha value is -0.570. The Bertz CT molecular complexity index is 482. The van der Waals surface area contributed by atoms with Crippen LogP contribution in [0, 0.1) is 0 Å². The van der Waals surface area contributed by atoms with Gasteiger partial charge in [-0.15, -0.1) is 0 Å². The maximum Gasteiger partial charge on any atom is 0.257 e. The SMILES string of the molecule is CCc1ncc(S(=O)(=O)NCC(C)(O)CSC)[nH]1. The van der Waals surface area contributed by atoms with Crippen molar-refractivity contribution in [3.05, 3.63) is 12.0 Å². The summed E-state index contributed by atoms with van der Waals surface area (Å²) >= 11 is 1.46. The number of aromatic amines is 1. The molecule has 3 N–H and O–H groups in total. The second-order valence-electron chi connectivity index (χ2n) is 4.30. The monoisotopic (exact) mass is 293 g/mol. The van der Waals surface area contributed by atoms with E-state index in [1.165, 1.54) is 18.0 Å². The normalized spacial score (nSPS) is 15.6. The first-order valence-electron chi connectivity index (χ1n) is 5.55. The molecule has 0 amide bonds. The Morgan fingerprint density at radius 1 is 1.61 bits per heavy atom. The number of aliphatic hydroxyl groups is 1. The molecule has 0 saturated carbocycles. The van der Waals surface area contributed by atoms with Gasteiger partial charge in [-0.1, -0.05) is 6.92 Å². The highest BCUT2D eigenvalue weighted by atomic mass is 32.2. The fourth-order valence-electron chi connectivity index (χ4n) is 1.35. The molecule has 8 heteroatoms. The molecular formula is C10H19N3O3S2. The van der Waals surface area contributed by atoms with Gasteiger partial charge in [-0.2, -0.15) is 11.8 Å². The zero-order valence-electron chi connectivity index (χ0n) is 10.7. The minimum Gasteiger partial charge on any atom is -0.388 e. The largest absolute Gasteiger partial charge is 0.388 e. The van der Waals surface area contributed by atoms with Gasteiger partial charge in [-0.05, 0) is 13.2 Å². The summed E-state index contributed by atoms with van der Waals surface area (Å²) < 4.78 is 26.2. The standard InChI is InChI=1S/C10H19N3O3S2/c1-4-8-11-5-9(13-8)18(15,16)12-6-10(2,14)7-17-3/h5,12,14H,4,6-7H2,1-3H3,(H,11,13). The van der Waals surface area contributed by atoms with Crippen LogP contribution >= 0.6 is 11.8 Å². The van der Waals surface area contributed by atoms with Crippen molar-refractivity contribution in [2.75, 3.05) is 18.6 Å². The van der Waals surface area contributed by atoms with E-state index in [4.69, 9.17) is 0 Å². The molecule has 0 bridgehead atoms. The topological polar surface area (TPSA) is 95.1 Å². The number of hydrogen-bond acceptors (Lipinski definition) is 5. The van der Waals surface area contributed by atoms with E-state index in [1.807, 2.05) is 13.2 Å². The van der Waals surface area contributed by atoms with Gasteiger partial charge < -0.3 is 10.1 Å². The molecule has 1 atom stereocenters. The van der Waals surface area contributed by atoms with Crippen LogP contribution in [0.1, 0.15) is 19.7 Å². The molecule has 1 heterocycles. The van der Waals surface area contributed by atoms with E-state index >= 15 is 0 Å². The van der Waals surface area contributed by atoms with Crippen molar-refractivity contribution in [3.8, 4) is 0 Å². The van der Waals surface area contributed by atoms with Gasteiger partial charge in [0.2, 0.25) is 0 Å². The zero-order valence-corrected chi connectivity index (χ0v) is 12.4. The fraction of sp³-hybridized carbons (Fsp3) is 0.700. The van der Waals surface area contributed by atoms with Crippen LogP contribution in [0.25, 0.3) is 0 Å². The molecule has 6 nitrogen and oxygen atoms in total. The van der Waals surface area contributed by atoms with Crippen LogP contribution in [0.3, 0.4) is 0 Å². The summed E-state index contributed by atoms with van der Waals surface area (Å²) in [5, 5.41) is 9.93. The third-order valence-corrected chi connectivity index (χ3v) is 4.55. The predicted octanol–water partition coefficient (Wildman–Crippen LogP) is 0.364. The highest BCUT2D eigenvalue weighted by Gasteiger charge is 2.24. The Morgan fingerprint density at radius 2 is 2.28 bits per heavy atom. The van der Waals surface area contributed by atoms with E-state index in [2.05, 4.69) is 14.7 Å². The first kappa shape index (κ1) is 15.5. The molecule has 0 aliphatic rings. The smallest absolute Gasteiger partial charge is 0.257 e. The average Bonchev–Trinajstić information content (AvgIpc) is 2.76. The van der Waals surface area contributed by atoms with E-state index in [-0.39, 0.29) is 11.6 Å². The molecule has 1 unspecified atom stereocenters. The van der Waals surface area contributed by atoms with Crippen molar-refractivity contribution in [1.29, 1.82) is 0 Å². The Balaban J connectivity index is 2.71. The molecule has 0 aliphatic heterocycles. The van der Waals surface area contributed by atoms with Crippen molar-refractivity contribution in [2.45, 2.75) is 30.9 Å². The number of H-pyrrole nitrogens is 1. The third-order valence-electron chi connectivity index (χ3n) is 2.33. The van der Waals surface area contributed by atoms with Crippen molar-refractivity contribution >= 4 is 21.8 Å². The van der Waals surface area contributed by atoms with Gasteiger partial charge in [0.05, 0.1) is 11.8 Å². The zero-order chi connectivity index (χ0) is 13.8. The van der Waals surface area contributed by atoms with Gasteiger partial charge in [-0.3, -0.25) is 0 Å². The molecule has 18 heavy (non-hydrogen) atoms. The first-order chi connectivity index (χ1) is 8.30. The fourth-order valence-corrected chi connectivity index (χ4v) is 3.17. The lowest BCUT2D eigenvalue weighted by Gasteiger charge is -2.22. The van der Waals surface area contributed by atoms with Gasteiger partial charge in [0, 0.05) is 18.7 Å². The van der Waals surface area contributed by atoms with Crippen LogP contribution in [0.15, 0.2) is 11.2 Å². The van der Waals surface area contributed by atoms with E-state index in [0.717, 1.165) is 0 Å². The van der Waals surface area contributed by atoms with Crippen molar-refractivity contribution in [2.24, 2.45) is 0 Å². The number of hydrogen-bond donors (Lipinski definition) is 3. The van der Waals surface area contributed by atoms with Gasteiger partial charge in [0.15, 0.2) is 5.03 Å². The second kappa shape index (κ2) is 6.05. The quantitative estimate of drug-likeness (QED) is 0.675. The van der Waals surface area contributed by atoms with Crippen LogP contribution in [0.5, 0.6) is 0 Å². The summed E-state index contributed by atoms with van der Waals surface area (Å²) in [4.78, 5) is 6.66. The molecule has 104 valence electrons. The number of imidazole rings is 1. The maximum absolute atomic E-state index is 11.9. The molecule has 0 aromatic carbocycles. The highest BCUT2D eigenvalue weighted by Crippen LogP contribution is 2.11. The molecule has 1 aromatic heterocycles. The molecule has 0 radical (unpaired) electrons. The summed E-state index contributed by atoms with van der Waals surface area (Å²) in [6.45, 7) is 3.44. The van der Waals surface area contributed by atoms with Crippen molar-refractivity contribution in [1.82, 2.24) is 14.7 Å². The molecule has 1 aromatic rings. The van der Waals surface area contributed by atoms with Crippen molar-refractivity contribution < 1.29 is 13.5 Å². The molecule has 0 saturated heterocycles. The molecule has 1 rings (SSSR count). The van der Waals surface area contributed by atoms with E-state index in [1.54, 1.807) is 6.92 Å². The minimum atomic E-state index is -3.64. The Morgan fingerprint density at radius 3 is 2.78 bits per heavy atom. The second-order valence-corrected chi connectivity index (χ2v) is 6.90. The number of aryl methyl sites for hydroxylation is 1. The van der Waals surface area contributed by atoms with Gasteiger partial charge in [0.1, 0.15) is 5.82 Å². The average molecular weight is 293 g/mol. The van der Waals surface area contributed by atoms with E-state index in [0.29, 0.717) is 18.0 Å². The Kier molecular flexibility index (Phi) is 5.20. The van der Waals surface area contributed by atoms with Crippen molar-refractivity contribution in [3.63, 3.8) is 0 Å². The molecule has 0 aliphatic carbocycles. The highest BCUT2D eigenvalue weighted by molar-refractivity contribution is 7.98. The van der Waals surface area contributed by atoms with E-state index in [9.17, 15) is 13.5 Å². The summed E-state index contributed by atoms with van der Waals surface area (Å²) in [5.41, 5.74) is -1.07. The summed E-state index contributed by atoms with van der Waals surface area (Å²) in [6, 6.07) is 0. The number of sulfonamides is 1. The van der Waals surface area contributed by atoms with E-state index < -0.39 is 15.6 Å². The third kappa shape index (κ3) is 4.27. The Labute approximate surface area is 112 Å². The lowest BCUT2D eigenvalue weighted by Crippen LogP contribution is -2.42. The van der Waals surface area contributed by atoms with Crippen LogP contribution in [-0.4, -0.2) is 47.6 Å². The molecule has 0 fully saturated rings. The van der Waals surface area contributed by atoms with Crippen LogP contribution in [-0.2, 0) is 16.4 Å². The lowest BCUT2D eigenvalue weighted by molar-refractivity contribution is 0.0908. The summed E-state index contributed by atoms with van der Waals surface area (Å²) in [6.07, 6.45) is 3.77. The van der Waals surface area contributed by atoms with Gasteiger partial charge in [0.25, 0.3) is 10.0 Å². The lowest BCUT2D eigenvalue weighted by atomic mass is 10.1. The number of nitrogens with zero attached hydrogens (tertiary/aromatic N) is 1. The number of nitrogens with one attached hydrogen (secondary N) is 2. The number of thioether (sulfide) groups is 1. The maximum atomic E-state index is 11.9. The van der Waals surface area contributed by atoms with Gasteiger partial charge >= 0.3 is 0 Å². The predicted molar refractivity (Wildman–Crippen MR) is 72.2 cm³/mol. The summed E-state index contributed by atoms with van der Waals surface area (Å²) in [5.74, 6) is 1.07. The van der Waals surface area contributed by atoms with Gasteiger partial charge in [-0.25, -0.2) is 18.1 Å². The minimum absolute atomic E-state index is 0.0271. The van der Waals surface area contributed by atoms with Crippen LogP contribution in [0.4, 0.5) is 0 Å². The summed E-state index contributed by atoms with van der Waals surface area (Å²) in [7, 11) is -3.64.